The summed E-state index contributed by atoms with van der Waals surface area (Å²) in [6.45, 7) is 5.52. The average Bonchev–Trinajstić information content (AvgIpc) is 4.08. The number of anilines is 3. The molecule has 7 aromatic rings. The molecule has 3 aromatic heterocycles. The maximum atomic E-state index is 13.7. The maximum Gasteiger partial charge on any atom is 0.355 e. The number of carboxylic acid groups (broad SMARTS) is 1. The Morgan fingerprint density at radius 1 is 0.889 bits per heavy atom. The summed E-state index contributed by atoms with van der Waals surface area (Å²) in [5, 5.41) is 25.0. The topological polar surface area (TPSA) is 201 Å². The number of pyridine rings is 1. The summed E-state index contributed by atoms with van der Waals surface area (Å²) < 4.78 is 9.25. The van der Waals surface area contributed by atoms with E-state index in [1.165, 1.54) is 11.3 Å². The van der Waals surface area contributed by atoms with E-state index in [1.807, 2.05) is 110 Å². The lowest BCUT2D eigenvalue weighted by Gasteiger charge is -2.39. The third kappa shape index (κ3) is 9.29. The van der Waals surface area contributed by atoms with Crippen LogP contribution in [0, 0.1) is 18.3 Å². The Morgan fingerprint density at radius 3 is 2.54 bits per heavy atom. The molecule has 4 aromatic carbocycles. The standard InChI is InChI=1S/C55H55N9O7S/c1-32-36(37-15-17-46(58-50(37)53(69)70)64-24-20-34-7-5-9-38(41(34)29-64)51(67)60-54-57-42-10-3-4-12-45(42)72-54)8-6-11-44(32)71-31-33-19-21-55(28-33)22-25-63(26-23-55)30-48(66)56-35-13-14-39-43(27-35)62(2)61-49(39)40-16-18-47(65)59-52(40)68/h3-15,17,27,33,40H,16,18-26,28-31H2,1-2H3,(H,56,66)(H,69,70)(H,57,60,67)(H,59,65,68)/t33-,40?/m0/s1. The molecule has 1 aliphatic carbocycles. The first-order chi connectivity index (χ1) is 34.9. The number of likely N-dealkylation sites (tertiary alicyclic amines) is 1. The van der Waals surface area contributed by atoms with Gasteiger partial charge in [-0.15, -0.1) is 0 Å². The van der Waals surface area contributed by atoms with Crippen LogP contribution in [-0.4, -0.2) is 92.1 Å². The first-order valence-electron chi connectivity index (χ1n) is 24.7. The number of carbonyl (C=O) groups is 5. The van der Waals surface area contributed by atoms with E-state index in [-0.39, 0.29) is 41.2 Å². The molecular weight excluding hydrogens is 931 g/mol. The van der Waals surface area contributed by atoms with Crippen molar-refractivity contribution in [3.63, 3.8) is 0 Å². The van der Waals surface area contributed by atoms with Gasteiger partial charge in [0, 0.05) is 48.8 Å². The lowest BCUT2D eigenvalue weighted by Crippen LogP contribution is -2.42. The fourth-order valence-electron chi connectivity index (χ4n) is 11.4. The number of aryl methyl sites for hydroxylation is 1. The molecular formula is C55H55N9O7S. The average molecular weight is 986 g/mol. The fraction of sp³-hybridized carbons (Fsp3) is 0.345. The van der Waals surface area contributed by atoms with Crippen molar-refractivity contribution in [1.29, 1.82) is 0 Å². The Kier molecular flexibility index (Phi) is 12.5. The van der Waals surface area contributed by atoms with Gasteiger partial charge < -0.3 is 20.1 Å². The van der Waals surface area contributed by atoms with Gasteiger partial charge in [-0.3, -0.25) is 39.4 Å². The van der Waals surface area contributed by atoms with Gasteiger partial charge in [-0.25, -0.2) is 14.8 Å². The van der Waals surface area contributed by atoms with Crippen molar-refractivity contribution in [2.45, 2.75) is 70.8 Å². The van der Waals surface area contributed by atoms with E-state index in [4.69, 9.17) is 9.72 Å². The zero-order valence-electron chi connectivity index (χ0n) is 40.2. The van der Waals surface area contributed by atoms with Crippen LogP contribution in [0.25, 0.3) is 32.2 Å². The highest BCUT2D eigenvalue weighted by Crippen LogP contribution is 2.49. The van der Waals surface area contributed by atoms with Crippen molar-refractivity contribution < 1.29 is 33.8 Å². The van der Waals surface area contributed by atoms with E-state index in [0.29, 0.717) is 78.5 Å². The third-order valence-corrected chi connectivity index (χ3v) is 16.3. The monoisotopic (exact) mass is 985 g/mol. The number of aromatic carboxylic acids is 1. The fourth-order valence-corrected chi connectivity index (χ4v) is 12.3. The number of thiazole rings is 1. The van der Waals surface area contributed by atoms with E-state index in [9.17, 15) is 29.1 Å². The number of nitrogens with zero attached hydrogens (tertiary/aromatic N) is 6. The van der Waals surface area contributed by atoms with Crippen LogP contribution in [0.3, 0.4) is 0 Å². The number of hydrogen-bond acceptors (Lipinski definition) is 12. The minimum Gasteiger partial charge on any atom is -0.493 e. The number of amides is 4. The number of ether oxygens (including phenoxy) is 1. The molecule has 2 atom stereocenters. The number of benzene rings is 4. The van der Waals surface area contributed by atoms with Gasteiger partial charge in [-0.05, 0) is 153 Å². The number of carboxylic acids is 1. The normalized spacial score (nSPS) is 18.8. The lowest BCUT2D eigenvalue weighted by atomic mass is 9.76. The number of carbonyl (C=O) groups excluding carboxylic acids is 4. The number of rotatable bonds is 12. The number of nitrogens with one attached hydrogen (secondary N) is 3. The molecule has 72 heavy (non-hydrogen) atoms. The van der Waals surface area contributed by atoms with Crippen LogP contribution < -0.4 is 25.6 Å². The zero-order chi connectivity index (χ0) is 49.7. The Hall–Kier alpha value is -7.50. The quantitative estimate of drug-likeness (QED) is 0.0853. The predicted octanol–water partition coefficient (Wildman–Crippen LogP) is 8.49. The minimum absolute atomic E-state index is 0.0461. The molecule has 11 rings (SSSR count). The maximum absolute atomic E-state index is 13.7. The van der Waals surface area contributed by atoms with Crippen molar-refractivity contribution in [2.24, 2.45) is 18.4 Å². The van der Waals surface area contributed by atoms with Gasteiger partial charge in [0.1, 0.15) is 11.6 Å². The van der Waals surface area contributed by atoms with Crippen LogP contribution in [-0.2, 0) is 34.4 Å². The van der Waals surface area contributed by atoms with E-state index in [0.717, 1.165) is 94.3 Å². The van der Waals surface area contributed by atoms with Gasteiger partial charge in [0.05, 0.1) is 40.5 Å². The summed E-state index contributed by atoms with van der Waals surface area (Å²) >= 11 is 1.43. The highest BCUT2D eigenvalue weighted by Gasteiger charge is 2.42. The highest BCUT2D eigenvalue weighted by molar-refractivity contribution is 7.22. The molecule has 6 heterocycles. The Bertz CT molecular complexity index is 3290. The molecule has 2 saturated heterocycles. The molecule has 4 N–H and O–H groups in total. The molecule has 16 nitrogen and oxygen atoms in total. The predicted molar refractivity (Wildman–Crippen MR) is 276 cm³/mol. The van der Waals surface area contributed by atoms with E-state index in [1.54, 1.807) is 4.68 Å². The van der Waals surface area contributed by atoms with Crippen LogP contribution in [0.1, 0.15) is 94.1 Å². The second-order valence-electron chi connectivity index (χ2n) is 19.8. The number of hydrogen-bond donors (Lipinski definition) is 4. The highest BCUT2D eigenvalue weighted by atomic mass is 32.1. The van der Waals surface area contributed by atoms with Crippen LogP contribution in [0.2, 0.25) is 0 Å². The Balaban J connectivity index is 0.690. The number of imide groups is 1. The number of fused-ring (bicyclic) bond motifs is 3. The van der Waals surface area contributed by atoms with Gasteiger partial charge in [0.15, 0.2) is 10.8 Å². The minimum atomic E-state index is -1.13. The van der Waals surface area contributed by atoms with Crippen LogP contribution in [0.15, 0.2) is 91.0 Å². The molecule has 0 bridgehead atoms. The molecule has 4 aliphatic rings. The van der Waals surface area contributed by atoms with Gasteiger partial charge in [0.2, 0.25) is 17.7 Å². The molecule has 3 aliphatic heterocycles. The second kappa shape index (κ2) is 19.3. The summed E-state index contributed by atoms with van der Waals surface area (Å²) in [4.78, 5) is 77.7. The largest absolute Gasteiger partial charge is 0.493 e. The van der Waals surface area contributed by atoms with E-state index < -0.39 is 11.9 Å². The van der Waals surface area contributed by atoms with E-state index in [2.05, 4.69) is 30.9 Å². The molecule has 1 spiro atoms. The second-order valence-corrected chi connectivity index (χ2v) is 20.9. The zero-order valence-corrected chi connectivity index (χ0v) is 41.0. The van der Waals surface area contributed by atoms with Crippen molar-refractivity contribution >= 4 is 78.7 Å². The van der Waals surface area contributed by atoms with Crippen molar-refractivity contribution in [1.82, 2.24) is 30.0 Å². The molecule has 4 amide bonds. The van der Waals surface area contributed by atoms with Gasteiger partial charge in [0.25, 0.3) is 5.91 Å². The molecule has 17 heteroatoms. The molecule has 0 radical (unpaired) electrons. The number of aromatic nitrogens is 4. The first kappa shape index (κ1) is 46.9. The van der Waals surface area contributed by atoms with Crippen molar-refractivity contribution in [3.8, 4) is 16.9 Å². The van der Waals surface area contributed by atoms with Gasteiger partial charge in [-0.1, -0.05) is 47.7 Å². The summed E-state index contributed by atoms with van der Waals surface area (Å²) in [5.74, 6) is -0.904. The number of piperidine rings is 2. The Labute approximate surface area is 419 Å². The van der Waals surface area contributed by atoms with Gasteiger partial charge >= 0.3 is 5.97 Å². The summed E-state index contributed by atoms with van der Waals surface area (Å²) in [6.07, 6.45) is 6.64. The molecule has 368 valence electrons. The van der Waals surface area contributed by atoms with Crippen LogP contribution in [0.5, 0.6) is 5.75 Å². The molecule has 1 unspecified atom stereocenters. The number of para-hydroxylation sites is 1. The van der Waals surface area contributed by atoms with Crippen molar-refractivity contribution in [3.05, 3.63) is 125 Å². The van der Waals surface area contributed by atoms with Crippen LogP contribution in [0.4, 0.5) is 16.6 Å². The molecule has 1 saturated carbocycles. The molecule has 3 fully saturated rings. The summed E-state index contributed by atoms with van der Waals surface area (Å²) in [5.41, 5.74) is 7.72. The summed E-state index contributed by atoms with van der Waals surface area (Å²) in [7, 11) is 1.81. The van der Waals surface area contributed by atoms with Gasteiger partial charge in [-0.2, -0.15) is 5.10 Å². The SMILES string of the molecule is Cc1c(OC[C@H]2CCC3(CCN(CC(=O)Nc4ccc5c(C6CCC(=O)NC6=O)nn(C)c5c4)CC3)C2)cccc1-c1ccc(N2CCc3cccc(C(=O)Nc4nc5ccccc5s4)c3C2)nc1C(=O)O. The summed E-state index contributed by atoms with van der Waals surface area (Å²) in [6, 6.07) is 28.6. The van der Waals surface area contributed by atoms with E-state index >= 15 is 0 Å². The smallest absolute Gasteiger partial charge is 0.355 e. The first-order valence-corrected chi connectivity index (χ1v) is 25.5. The van der Waals surface area contributed by atoms with Crippen molar-refractivity contribution in [2.75, 3.05) is 48.3 Å². The third-order valence-electron chi connectivity index (χ3n) is 15.3. The Morgan fingerprint density at radius 2 is 1.72 bits per heavy atom. The van der Waals surface area contributed by atoms with Crippen LogP contribution >= 0.6 is 11.3 Å². The lowest BCUT2D eigenvalue weighted by molar-refractivity contribution is -0.134.